The van der Waals surface area contributed by atoms with E-state index in [1.54, 1.807) is 0 Å². The summed E-state index contributed by atoms with van der Waals surface area (Å²) in [4.78, 5) is 11.7. The Morgan fingerprint density at radius 2 is 1.96 bits per heavy atom. The topological polar surface area (TPSA) is 38.3 Å². The molecule has 130 valence electrons. The minimum Gasteiger partial charge on any atom is -0.492 e. The van der Waals surface area contributed by atoms with Crippen LogP contribution in [0.1, 0.15) is 65.4 Å². The van der Waals surface area contributed by atoms with Gasteiger partial charge >= 0.3 is 0 Å². The number of amides is 1. The molecule has 0 aliphatic heterocycles. The van der Waals surface area contributed by atoms with Crippen LogP contribution < -0.4 is 10.1 Å². The Hall–Kier alpha value is -1.03. The second-order valence-corrected chi connectivity index (χ2v) is 7.76. The summed E-state index contributed by atoms with van der Waals surface area (Å²) in [6.45, 7) is 10.1. The van der Waals surface area contributed by atoms with Gasteiger partial charge in [0.25, 0.3) is 0 Å². The molecule has 0 fully saturated rings. The van der Waals surface area contributed by atoms with Gasteiger partial charge in [0, 0.05) is 13.0 Å². The Labute approximate surface area is 149 Å². The molecule has 0 saturated heterocycles. The van der Waals surface area contributed by atoms with Gasteiger partial charge in [-0.3, -0.25) is 4.79 Å². The van der Waals surface area contributed by atoms with Crippen LogP contribution in [-0.4, -0.2) is 19.1 Å². The van der Waals surface area contributed by atoms with Crippen LogP contribution >= 0.6 is 15.9 Å². The predicted octanol–water partition coefficient (Wildman–Crippen LogP) is 5.21. The Bertz CT molecular complexity index is 495. The molecule has 0 saturated carbocycles. The van der Waals surface area contributed by atoms with E-state index in [4.69, 9.17) is 4.74 Å². The third-order valence-electron chi connectivity index (χ3n) is 3.71. The average molecular weight is 384 g/mol. The van der Waals surface area contributed by atoms with E-state index in [9.17, 15) is 4.79 Å². The zero-order chi connectivity index (χ0) is 17.3. The molecule has 0 aromatic heterocycles. The van der Waals surface area contributed by atoms with Crippen molar-refractivity contribution in [2.45, 2.75) is 65.2 Å². The Morgan fingerprint density at radius 1 is 1.22 bits per heavy atom. The summed E-state index contributed by atoms with van der Waals surface area (Å²) in [7, 11) is 0. The molecule has 1 rings (SSSR count). The lowest BCUT2D eigenvalue weighted by molar-refractivity contribution is -0.121. The molecule has 0 aliphatic carbocycles. The molecule has 1 N–H and O–H groups in total. The highest BCUT2D eigenvalue weighted by atomic mass is 79.9. The van der Waals surface area contributed by atoms with E-state index >= 15 is 0 Å². The number of halogens is 1. The predicted molar refractivity (Wildman–Crippen MR) is 100 cm³/mol. The van der Waals surface area contributed by atoms with Gasteiger partial charge in [0.2, 0.25) is 5.91 Å². The zero-order valence-corrected chi connectivity index (χ0v) is 16.5. The van der Waals surface area contributed by atoms with Gasteiger partial charge in [0.15, 0.2) is 0 Å². The molecule has 0 heterocycles. The molecule has 3 nitrogen and oxygen atoms in total. The molecule has 1 amide bonds. The van der Waals surface area contributed by atoms with Crippen molar-refractivity contribution < 1.29 is 9.53 Å². The maximum atomic E-state index is 11.7. The fraction of sp³-hybridized carbons (Fsp3) is 0.632. The highest BCUT2D eigenvalue weighted by molar-refractivity contribution is 9.10. The molecule has 1 aromatic rings. The van der Waals surface area contributed by atoms with Crippen molar-refractivity contribution in [1.82, 2.24) is 5.32 Å². The van der Waals surface area contributed by atoms with E-state index < -0.39 is 0 Å². The molecular formula is C19H30BrNO2. The van der Waals surface area contributed by atoms with Gasteiger partial charge in [-0.05, 0) is 51.9 Å². The first-order valence-electron chi connectivity index (χ1n) is 8.54. The number of ether oxygens (including phenoxy) is 1. The minimum atomic E-state index is 0.117. The number of carbonyl (C=O) groups is 1. The molecule has 0 spiro atoms. The van der Waals surface area contributed by atoms with Gasteiger partial charge < -0.3 is 10.1 Å². The molecule has 4 heteroatoms. The number of hydrogen-bond acceptors (Lipinski definition) is 2. The number of carbonyl (C=O) groups excluding carboxylic acids is 1. The lowest BCUT2D eigenvalue weighted by atomic mass is 9.87. The van der Waals surface area contributed by atoms with Gasteiger partial charge in [0.1, 0.15) is 5.75 Å². The van der Waals surface area contributed by atoms with Crippen LogP contribution in [0.5, 0.6) is 5.75 Å². The molecule has 0 aliphatic rings. The SMILES string of the molecule is CCCCCNC(=O)CCCOc1ccc(C(C)(C)C)cc1Br. The molecule has 23 heavy (non-hydrogen) atoms. The number of benzene rings is 1. The highest BCUT2D eigenvalue weighted by Crippen LogP contribution is 2.31. The lowest BCUT2D eigenvalue weighted by Crippen LogP contribution is -2.24. The summed E-state index contributed by atoms with van der Waals surface area (Å²) in [6, 6.07) is 6.20. The highest BCUT2D eigenvalue weighted by Gasteiger charge is 2.15. The summed E-state index contributed by atoms with van der Waals surface area (Å²) in [5.74, 6) is 0.952. The van der Waals surface area contributed by atoms with Crippen molar-refractivity contribution in [3.63, 3.8) is 0 Å². The number of rotatable bonds is 9. The van der Waals surface area contributed by atoms with E-state index in [2.05, 4.69) is 61.1 Å². The van der Waals surface area contributed by atoms with Crippen LogP contribution in [0, 0.1) is 0 Å². The first-order valence-corrected chi connectivity index (χ1v) is 9.33. The van der Waals surface area contributed by atoms with Crippen molar-refractivity contribution >= 4 is 21.8 Å². The van der Waals surface area contributed by atoms with Crippen molar-refractivity contribution in [2.75, 3.05) is 13.2 Å². The van der Waals surface area contributed by atoms with Crippen LogP contribution in [-0.2, 0) is 10.2 Å². The molecule has 0 bridgehead atoms. The summed E-state index contributed by atoms with van der Waals surface area (Å²) >= 11 is 3.57. The minimum absolute atomic E-state index is 0.117. The summed E-state index contributed by atoms with van der Waals surface area (Å²) < 4.78 is 6.74. The summed E-state index contributed by atoms with van der Waals surface area (Å²) in [6.07, 6.45) is 4.65. The molecule has 0 unspecified atom stereocenters. The fourth-order valence-electron chi connectivity index (χ4n) is 2.19. The lowest BCUT2D eigenvalue weighted by Gasteiger charge is -2.20. The number of nitrogens with one attached hydrogen (secondary N) is 1. The Kier molecular flexibility index (Phi) is 8.67. The van der Waals surface area contributed by atoms with Crippen molar-refractivity contribution in [1.29, 1.82) is 0 Å². The Balaban J connectivity index is 2.29. The van der Waals surface area contributed by atoms with Crippen molar-refractivity contribution in [3.05, 3.63) is 28.2 Å². The summed E-state index contributed by atoms with van der Waals surface area (Å²) in [5, 5.41) is 2.95. The van der Waals surface area contributed by atoms with Gasteiger partial charge in [-0.2, -0.15) is 0 Å². The monoisotopic (exact) mass is 383 g/mol. The van der Waals surface area contributed by atoms with Crippen molar-refractivity contribution in [2.24, 2.45) is 0 Å². The maximum absolute atomic E-state index is 11.7. The first kappa shape index (κ1) is 20.0. The van der Waals surface area contributed by atoms with E-state index in [1.165, 1.54) is 18.4 Å². The van der Waals surface area contributed by atoms with E-state index in [0.717, 1.165) is 29.6 Å². The smallest absolute Gasteiger partial charge is 0.220 e. The van der Waals surface area contributed by atoms with E-state index in [0.29, 0.717) is 13.0 Å². The van der Waals surface area contributed by atoms with Gasteiger partial charge in [-0.1, -0.05) is 46.6 Å². The quantitative estimate of drug-likeness (QED) is 0.594. The molecule has 0 atom stereocenters. The molecule has 1 aromatic carbocycles. The van der Waals surface area contributed by atoms with Gasteiger partial charge in [0.05, 0.1) is 11.1 Å². The van der Waals surface area contributed by atoms with Crippen LogP contribution in [0.2, 0.25) is 0 Å². The van der Waals surface area contributed by atoms with Crippen LogP contribution in [0.4, 0.5) is 0 Å². The number of unbranched alkanes of at least 4 members (excludes halogenated alkanes) is 2. The second-order valence-electron chi connectivity index (χ2n) is 6.90. The number of hydrogen-bond donors (Lipinski definition) is 1. The summed E-state index contributed by atoms with van der Waals surface area (Å²) in [5.41, 5.74) is 1.39. The standard InChI is InChI=1S/C19H30BrNO2/c1-5-6-7-12-21-18(22)9-8-13-23-17-11-10-15(14-16(17)20)19(2,3)4/h10-11,14H,5-9,12-13H2,1-4H3,(H,21,22). The van der Waals surface area contributed by atoms with Crippen molar-refractivity contribution in [3.8, 4) is 5.75 Å². The van der Waals surface area contributed by atoms with Crippen LogP contribution in [0.15, 0.2) is 22.7 Å². The molecular weight excluding hydrogens is 354 g/mol. The zero-order valence-electron chi connectivity index (χ0n) is 14.9. The third-order valence-corrected chi connectivity index (χ3v) is 4.33. The Morgan fingerprint density at radius 3 is 2.57 bits per heavy atom. The third kappa shape index (κ3) is 7.87. The molecule has 0 radical (unpaired) electrons. The van der Waals surface area contributed by atoms with Crippen LogP contribution in [0.3, 0.4) is 0 Å². The average Bonchev–Trinajstić information content (AvgIpc) is 2.48. The van der Waals surface area contributed by atoms with Gasteiger partial charge in [-0.15, -0.1) is 0 Å². The normalized spacial score (nSPS) is 11.3. The fourth-order valence-corrected chi connectivity index (χ4v) is 2.68. The van der Waals surface area contributed by atoms with Gasteiger partial charge in [-0.25, -0.2) is 0 Å². The maximum Gasteiger partial charge on any atom is 0.220 e. The van der Waals surface area contributed by atoms with Crippen LogP contribution in [0.25, 0.3) is 0 Å². The first-order chi connectivity index (χ1) is 10.8. The second kappa shape index (κ2) is 9.96. The largest absolute Gasteiger partial charge is 0.492 e. The van der Waals surface area contributed by atoms with E-state index in [-0.39, 0.29) is 11.3 Å². The van der Waals surface area contributed by atoms with E-state index in [1.807, 2.05) is 6.07 Å².